The second-order valence-corrected chi connectivity index (χ2v) is 9.23. The highest BCUT2D eigenvalue weighted by Gasteiger charge is 2.30. The number of carbonyl (C=O) groups excluding carboxylic acids is 3. The van der Waals surface area contributed by atoms with Gasteiger partial charge in [-0.3, -0.25) is 24.7 Å². The molecule has 186 valence electrons. The fraction of sp³-hybridized carbons (Fsp3) is 0.320. The number of fused-ring (bicyclic) bond motifs is 2. The van der Waals surface area contributed by atoms with Crippen LogP contribution in [0.3, 0.4) is 0 Å². The fourth-order valence-electron chi connectivity index (χ4n) is 4.72. The molecule has 1 unspecified atom stereocenters. The van der Waals surface area contributed by atoms with Crippen molar-refractivity contribution < 1.29 is 19.1 Å². The molecule has 0 bridgehead atoms. The lowest BCUT2D eigenvalue weighted by Crippen LogP contribution is -2.34. The van der Waals surface area contributed by atoms with Crippen LogP contribution in [-0.2, 0) is 9.59 Å². The van der Waals surface area contributed by atoms with Crippen molar-refractivity contribution in [2.75, 3.05) is 30.3 Å². The van der Waals surface area contributed by atoms with E-state index in [-0.39, 0.29) is 41.3 Å². The van der Waals surface area contributed by atoms with Crippen molar-refractivity contribution in [3.05, 3.63) is 53.3 Å². The second-order valence-electron chi connectivity index (χ2n) is 8.86. The standard InChI is InChI=1S/C25H25ClN6O4/c1-3-20(34)31-9-5-4-6-16(12-31)32-22-17(11-18-23(21(22)26)36-13-19(33)28-18)29-25(32)30-24(35)15-7-8-27-14(2)10-15/h3,7-8,10-11,16H,1,4-6,9,12-13H2,2H3,(H,28,33)(H,29,30,35). The molecule has 2 aliphatic rings. The number of hydrogen-bond acceptors (Lipinski definition) is 6. The molecule has 1 atom stereocenters. The van der Waals surface area contributed by atoms with Gasteiger partial charge in [-0.05, 0) is 50.5 Å². The molecule has 2 aliphatic heterocycles. The number of amides is 3. The number of nitrogens with zero attached hydrogens (tertiary/aromatic N) is 4. The number of halogens is 1. The van der Waals surface area contributed by atoms with Gasteiger partial charge in [-0.25, -0.2) is 4.98 Å². The Bertz CT molecular complexity index is 1400. The van der Waals surface area contributed by atoms with Crippen LogP contribution in [0.1, 0.15) is 41.4 Å². The van der Waals surface area contributed by atoms with Gasteiger partial charge in [0.05, 0.1) is 22.8 Å². The zero-order valence-corrected chi connectivity index (χ0v) is 20.5. The molecule has 0 aliphatic carbocycles. The number of pyridine rings is 1. The summed E-state index contributed by atoms with van der Waals surface area (Å²) < 4.78 is 7.51. The van der Waals surface area contributed by atoms with Gasteiger partial charge in [0.15, 0.2) is 12.4 Å². The van der Waals surface area contributed by atoms with Crippen LogP contribution >= 0.6 is 11.6 Å². The molecule has 1 aromatic carbocycles. The molecule has 1 fully saturated rings. The van der Waals surface area contributed by atoms with Crippen molar-refractivity contribution >= 4 is 52.0 Å². The van der Waals surface area contributed by atoms with Gasteiger partial charge >= 0.3 is 0 Å². The average Bonchev–Trinajstić information content (AvgIpc) is 3.04. The molecule has 11 heteroatoms. The molecule has 3 amide bonds. The quantitative estimate of drug-likeness (QED) is 0.518. The van der Waals surface area contributed by atoms with Gasteiger partial charge in [0.25, 0.3) is 11.8 Å². The summed E-state index contributed by atoms with van der Waals surface area (Å²) >= 11 is 6.83. The van der Waals surface area contributed by atoms with Crippen molar-refractivity contribution in [1.29, 1.82) is 0 Å². The maximum Gasteiger partial charge on any atom is 0.262 e. The third-order valence-corrected chi connectivity index (χ3v) is 6.73. The summed E-state index contributed by atoms with van der Waals surface area (Å²) in [6.07, 6.45) is 5.34. The highest BCUT2D eigenvalue weighted by Crippen LogP contribution is 2.44. The van der Waals surface area contributed by atoms with E-state index < -0.39 is 0 Å². The van der Waals surface area contributed by atoms with Crippen LogP contribution in [-0.4, -0.2) is 56.9 Å². The summed E-state index contributed by atoms with van der Waals surface area (Å²) in [5, 5.41) is 5.96. The van der Waals surface area contributed by atoms with E-state index in [2.05, 4.69) is 22.2 Å². The lowest BCUT2D eigenvalue weighted by Gasteiger charge is -2.27. The first-order valence-electron chi connectivity index (χ1n) is 11.7. The number of likely N-dealkylation sites (tertiary alicyclic amines) is 1. The van der Waals surface area contributed by atoms with Crippen LogP contribution in [0.2, 0.25) is 5.02 Å². The molecule has 5 rings (SSSR count). The Kier molecular flexibility index (Phi) is 6.36. The highest BCUT2D eigenvalue weighted by atomic mass is 35.5. The minimum absolute atomic E-state index is 0.150. The maximum atomic E-state index is 13.2. The first-order valence-corrected chi connectivity index (χ1v) is 12.1. The normalized spacial score (nSPS) is 17.6. The summed E-state index contributed by atoms with van der Waals surface area (Å²) in [7, 11) is 0. The van der Waals surface area contributed by atoms with Crippen molar-refractivity contribution in [2.24, 2.45) is 0 Å². The Morgan fingerprint density at radius 1 is 1.33 bits per heavy atom. The Morgan fingerprint density at radius 2 is 2.17 bits per heavy atom. The van der Waals surface area contributed by atoms with Gasteiger partial charge in [-0.2, -0.15) is 0 Å². The van der Waals surface area contributed by atoms with Gasteiger partial charge in [-0.15, -0.1) is 0 Å². The SMILES string of the molecule is C=CC(=O)N1CCCCC(n2c(NC(=O)c3ccnc(C)c3)nc3cc4c(c(Cl)c32)OCC(=O)N4)C1. The number of anilines is 2. The van der Waals surface area contributed by atoms with E-state index >= 15 is 0 Å². The minimum Gasteiger partial charge on any atom is -0.480 e. The van der Waals surface area contributed by atoms with E-state index in [1.54, 1.807) is 36.2 Å². The van der Waals surface area contributed by atoms with Gasteiger partial charge in [-0.1, -0.05) is 18.2 Å². The van der Waals surface area contributed by atoms with Crippen LogP contribution < -0.4 is 15.4 Å². The minimum atomic E-state index is -0.352. The van der Waals surface area contributed by atoms with Crippen molar-refractivity contribution in [1.82, 2.24) is 19.4 Å². The molecule has 0 saturated carbocycles. The maximum absolute atomic E-state index is 13.2. The molecule has 36 heavy (non-hydrogen) atoms. The predicted octanol–water partition coefficient (Wildman–Crippen LogP) is 3.72. The first kappa shape index (κ1) is 23.8. The number of aryl methyl sites for hydroxylation is 1. The number of carbonyl (C=O) groups is 3. The summed E-state index contributed by atoms with van der Waals surface area (Å²) in [5.41, 5.74) is 2.61. The van der Waals surface area contributed by atoms with Crippen LogP contribution in [0.4, 0.5) is 11.6 Å². The van der Waals surface area contributed by atoms with Gasteiger partial charge < -0.3 is 19.5 Å². The van der Waals surface area contributed by atoms with Crippen molar-refractivity contribution in [3.63, 3.8) is 0 Å². The van der Waals surface area contributed by atoms with E-state index in [0.717, 1.165) is 19.3 Å². The lowest BCUT2D eigenvalue weighted by molar-refractivity contribution is -0.126. The Balaban J connectivity index is 1.64. The molecule has 2 N–H and O–H groups in total. The third kappa shape index (κ3) is 4.39. The molecule has 10 nitrogen and oxygen atoms in total. The predicted molar refractivity (Wildman–Crippen MR) is 135 cm³/mol. The van der Waals surface area contributed by atoms with Gasteiger partial charge in [0.2, 0.25) is 11.9 Å². The first-order chi connectivity index (χ1) is 17.4. The summed E-state index contributed by atoms with van der Waals surface area (Å²) in [5.74, 6) is -0.159. The number of ether oxygens (including phenoxy) is 1. The molecular weight excluding hydrogens is 484 g/mol. The largest absolute Gasteiger partial charge is 0.480 e. The Hall–Kier alpha value is -3.92. The van der Waals surface area contributed by atoms with E-state index in [4.69, 9.17) is 21.3 Å². The third-order valence-electron chi connectivity index (χ3n) is 6.37. The molecule has 1 saturated heterocycles. The molecule has 4 heterocycles. The van der Waals surface area contributed by atoms with E-state index in [0.29, 0.717) is 46.8 Å². The Labute approximate surface area is 212 Å². The van der Waals surface area contributed by atoms with E-state index in [9.17, 15) is 14.4 Å². The summed E-state index contributed by atoms with van der Waals surface area (Å²) in [6.45, 7) is 6.30. The molecule has 0 spiro atoms. The number of hydrogen-bond donors (Lipinski definition) is 2. The molecule has 2 aromatic heterocycles. The summed E-state index contributed by atoms with van der Waals surface area (Å²) in [4.78, 5) is 48.1. The Morgan fingerprint density at radius 3 is 2.94 bits per heavy atom. The number of aromatic nitrogens is 3. The summed E-state index contributed by atoms with van der Waals surface area (Å²) in [6, 6.07) is 4.78. The number of imidazole rings is 1. The van der Waals surface area contributed by atoms with Crippen LogP contribution in [0, 0.1) is 6.92 Å². The topological polar surface area (TPSA) is 118 Å². The van der Waals surface area contributed by atoms with Crippen molar-refractivity contribution in [3.8, 4) is 5.75 Å². The average molecular weight is 509 g/mol. The number of rotatable bonds is 4. The number of benzene rings is 1. The fourth-order valence-corrected chi connectivity index (χ4v) is 5.06. The van der Waals surface area contributed by atoms with Gasteiger partial charge in [0, 0.05) is 30.5 Å². The molecular formula is C25H25ClN6O4. The highest BCUT2D eigenvalue weighted by molar-refractivity contribution is 6.37. The van der Waals surface area contributed by atoms with E-state index in [1.165, 1.54) is 6.08 Å². The zero-order valence-electron chi connectivity index (χ0n) is 19.7. The van der Waals surface area contributed by atoms with Gasteiger partial charge in [0.1, 0.15) is 5.02 Å². The smallest absolute Gasteiger partial charge is 0.262 e. The lowest BCUT2D eigenvalue weighted by atomic mass is 10.1. The monoisotopic (exact) mass is 508 g/mol. The van der Waals surface area contributed by atoms with E-state index in [1.807, 2.05) is 4.57 Å². The van der Waals surface area contributed by atoms with Crippen LogP contribution in [0.25, 0.3) is 11.0 Å². The zero-order chi connectivity index (χ0) is 25.4. The molecule has 3 aromatic rings. The number of nitrogens with one attached hydrogen (secondary N) is 2. The molecule has 0 radical (unpaired) electrons. The van der Waals surface area contributed by atoms with Crippen LogP contribution in [0.5, 0.6) is 5.75 Å². The van der Waals surface area contributed by atoms with Crippen molar-refractivity contribution in [2.45, 2.75) is 32.2 Å². The van der Waals surface area contributed by atoms with Crippen LogP contribution in [0.15, 0.2) is 37.1 Å². The second kappa shape index (κ2) is 9.62.